The molecular weight excluding hydrogens is 352 g/mol. The second kappa shape index (κ2) is 8.24. The SMILES string of the molecule is CC1(C)C[C@](CCNC(=O)CC[C@]2(C)CCC(=O)N2)(c2ccccc2)CCO1. The molecule has 1 aromatic rings. The highest BCUT2D eigenvalue weighted by molar-refractivity contribution is 5.80. The maximum absolute atomic E-state index is 12.4. The fourth-order valence-electron chi connectivity index (χ4n) is 4.83. The number of benzene rings is 1. The molecule has 2 saturated heterocycles. The summed E-state index contributed by atoms with van der Waals surface area (Å²) in [6.07, 6.45) is 5.34. The van der Waals surface area contributed by atoms with E-state index in [9.17, 15) is 9.59 Å². The maximum atomic E-state index is 12.4. The second-order valence-corrected chi connectivity index (χ2v) is 9.39. The van der Waals surface area contributed by atoms with Crippen molar-refractivity contribution < 1.29 is 14.3 Å². The third-order valence-electron chi connectivity index (χ3n) is 6.40. The van der Waals surface area contributed by atoms with Crippen LogP contribution in [0.2, 0.25) is 0 Å². The highest BCUT2D eigenvalue weighted by atomic mass is 16.5. The van der Waals surface area contributed by atoms with Crippen LogP contribution in [0, 0.1) is 0 Å². The van der Waals surface area contributed by atoms with E-state index in [4.69, 9.17) is 4.74 Å². The summed E-state index contributed by atoms with van der Waals surface area (Å²) in [6.45, 7) is 7.73. The molecule has 0 aliphatic carbocycles. The molecule has 0 radical (unpaired) electrons. The molecule has 0 spiro atoms. The number of nitrogens with one attached hydrogen (secondary N) is 2. The number of ether oxygens (including phenoxy) is 1. The van der Waals surface area contributed by atoms with Crippen LogP contribution >= 0.6 is 0 Å². The summed E-state index contributed by atoms with van der Waals surface area (Å²) < 4.78 is 5.96. The molecule has 2 N–H and O–H groups in total. The lowest BCUT2D eigenvalue weighted by atomic mass is 9.67. The van der Waals surface area contributed by atoms with Gasteiger partial charge in [-0.15, -0.1) is 0 Å². The van der Waals surface area contributed by atoms with Crippen molar-refractivity contribution in [2.45, 2.75) is 82.3 Å². The van der Waals surface area contributed by atoms with E-state index in [0.717, 1.165) is 32.3 Å². The molecular formula is C23H34N2O3. The van der Waals surface area contributed by atoms with Gasteiger partial charge in [-0.2, -0.15) is 0 Å². The Morgan fingerprint density at radius 1 is 1.14 bits per heavy atom. The average Bonchev–Trinajstić information content (AvgIpc) is 2.99. The zero-order valence-electron chi connectivity index (χ0n) is 17.5. The third kappa shape index (κ3) is 5.13. The van der Waals surface area contributed by atoms with Gasteiger partial charge >= 0.3 is 0 Å². The van der Waals surface area contributed by atoms with E-state index in [2.05, 4.69) is 48.7 Å². The summed E-state index contributed by atoms with van der Waals surface area (Å²) in [5, 5.41) is 6.11. The highest BCUT2D eigenvalue weighted by Crippen LogP contribution is 2.43. The van der Waals surface area contributed by atoms with E-state index in [1.54, 1.807) is 0 Å². The van der Waals surface area contributed by atoms with E-state index in [1.165, 1.54) is 5.56 Å². The van der Waals surface area contributed by atoms with Crippen LogP contribution in [0.5, 0.6) is 0 Å². The van der Waals surface area contributed by atoms with Crippen LogP contribution in [0.25, 0.3) is 0 Å². The average molecular weight is 387 g/mol. The number of hydrogen-bond donors (Lipinski definition) is 2. The molecule has 2 amide bonds. The van der Waals surface area contributed by atoms with Gasteiger partial charge < -0.3 is 15.4 Å². The molecule has 0 aromatic heterocycles. The second-order valence-electron chi connectivity index (χ2n) is 9.39. The summed E-state index contributed by atoms with van der Waals surface area (Å²) >= 11 is 0. The van der Waals surface area contributed by atoms with Crippen molar-refractivity contribution in [3.63, 3.8) is 0 Å². The van der Waals surface area contributed by atoms with Gasteiger partial charge in [0.1, 0.15) is 0 Å². The fraction of sp³-hybridized carbons (Fsp3) is 0.652. The van der Waals surface area contributed by atoms with Crippen molar-refractivity contribution in [1.82, 2.24) is 10.6 Å². The minimum atomic E-state index is -0.232. The quantitative estimate of drug-likeness (QED) is 0.754. The minimum absolute atomic E-state index is 0.0295. The monoisotopic (exact) mass is 386 g/mol. The van der Waals surface area contributed by atoms with Crippen LogP contribution in [0.4, 0.5) is 0 Å². The number of carbonyl (C=O) groups is 2. The predicted octanol–water partition coefficient (Wildman–Crippen LogP) is 3.47. The van der Waals surface area contributed by atoms with Crippen molar-refractivity contribution >= 4 is 11.8 Å². The van der Waals surface area contributed by atoms with Gasteiger partial charge in [0.25, 0.3) is 0 Å². The summed E-state index contributed by atoms with van der Waals surface area (Å²) in [4.78, 5) is 23.8. The lowest BCUT2D eigenvalue weighted by Crippen LogP contribution is -2.45. The summed E-state index contributed by atoms with van der Waals surface area (Å²) in [5.41, 5.74) is 0.973. The molecule has 2 heterocycles. The number of rotatable bonds is 7. The zero-order chi connectivity index (χ0) is 20.3. The summed E-state index contributed by atoms with van der Waals surface area (Å²) in [6, 6.07) is 10.6. The first-order valence-electron chi connectivity index (χ1n) is 10.5. The van der Waals surface area contributed by atoms with Crippen molar-refractivity contribution in [3.05, 3.63) is 35.9 Å². The van der Waals surface area contributed by atoms with Gasteiger partial charge in [0.15, 0.2) is 0 Å². The van der Waals surface area contributed by atoms with Gasteiger partial charge in [0, 0.05) is 36.9 Å². The zero-order valence-corrected chi connectivity index (χ0v) is 17.5. The topological polar surface area (TPSA) is 67.4 Å². The first-order valence-corrected chi connectivity index (χ1v) is 10.5. The lowest BCUT2D eigenvalue weighted by Gasteiger charge is -2.45. The van der Waals surface area contributed by atoms with Gasteiger partial charge in [-0.1, -0.05) is 30.3 Å². The van der Waals surface area contributed by atoms with Gasteiger partial charge in [-0.05, 0) is 58.4 Å². The minimum Gasteiger partial charge on any atom is -0.376 e. The van der Waals surface area contributed by atoms with Crippen LogP contribution in [-0.4, -0.2) is 36.1 Å². The molecule has 2 atom stereocenters. The van der Waals surface area contributed by atoms with E-state index in [1.807, 2.05) is 13.0 Å². The molecule has 5 heteroatoms. The molecule has 154 valence electrons. The molecule has 0 saturated carbocycles. The Morgan fingerprint density at radius 2 is 1.89 bits per heavy atom. The summed E-state index contributed by atoms with van der Waals surface area (Å²) in [5.74, 6) is 0.159. The van der Waals surface area contributed by atoms with Crippen LogP contribution in [-0.2, 0) is 19.7 Å². The van der Waals surface area contributed by atoms with Gasteiger partial charge in [-0.25, -0.2) is 0 Å². The molecule has 2 fully saturated rings. The van der Waals surface area contributed by atoms with Gasteiger partial charge in [-0.3, -0.25) is 9.59 Å². The number of carbonyl (C=O) groups excluding carboxylic acids is 2. The van der Waals surface area contributed by atoms with E-state index >= 15 is 0 Å². The largest absolute Gasteiger partial charge is 0.376 e. The van der Waals surface area contributed by atoms with Crippen LogP contribution < -0.4 is 10.6 Å². The third-order valence-corrected chi connectivity index (χ3v) is 6.40. The molecule has 2 aliphatic rings. The summed E-state index contributed by atoms with van der Waals surface area (Å²) in [7, 11) is 0. The molecule has 0 unspecified atom stereocenters. The van der Waals surface area contributed by atoms with Gasteiger partial charge in [0.2, 0.25) is 11.8 Å². The standard InChI is InChI=1S/C23H34N2O3/c1-21(2)17-23(14-16-28-21,18-7-5-4-6-8-18)13-15-24-19(26)9-11-22(3)12-10-20(27)25-22/h4-8H,9-17H2,1-3H3,(H,24,26)(H,25,27)/t22-,23-/m1/s1. The Balaban J connectivity index is 1.55. The first-order chi connectivity index (χ1) is 13.2. The smallest absolute Gasteiger partial charge is 0.220 e. The van der Waals surface area contributed by atoms with Crippen LogP contribution in [0.15, 0.2) is 30.3 Å². The Kier molecular flexibility index (Phi) is 6.13. The van der Waals surface area contributed by atoms with Crippen molar-refractivity contribution in [3.8, 4) is 0 Å². The van der Waals surface area contributed by atoms with Gasteiger partial charge in [0.05, 0.1) is 5.60 Å². The highest BCUT2D eigenvalue weighted by Gasteiger charge is 2.41. The van der Waals surface area contributed by atoms with E-state index in [-0.39, 0.29) is 28.4 Å². The lowest BCUT2D eigenvalue weighted by molar-refractivity contribution is -0.122. The van der Waals surface area contributed by atoms with Crippen LogP contribution in [0.3, 0.4) is 0 Å². The molecule has 28 heavy (non-hydrogen) atoms. The number of amides is 2. The molecule has 5 nitrogen and oxygen atoms in total. The fourth-order valence-corrected chi connectivity index (χ4v) is 4.83. The van der Waals surface area contributed by atoms with Crippen LogP contribution in [0.1, 0.15) is 71.3 Å². The molecule has 3 rings (SSSR count). The molecule has 0 bridgehead atoms. The van der Waals surface area contributed by atoms with Crippen molar-refractivity contribution in [2.75, 3.05) is 13.2 Å². The van der Waals surface area contributed by atoms with Crippen molar-refractivity contribution in [2.24, 2.45) is 0 Å². The Hall–Kier alpha value is -1.88. The predicted molar refractivity (Wildman–Crippen MR) is 110 cm³/mol. The molecule has 1 aromatic carbocycles. The Bertz CT molecular complexity index is 703. The van der Waals surface area contributed by atoms with Crippen molar-refractivity contribution in [1.29, 1.82) is 0 Å². The maximum Gasteiger partial charge on any atom is 0.220 e. The number of hydrogen-bond acceptors (Lipinski definition) is 3. The Labute approximate surface area is 168 Å². The Morgan fingerprint density at radius 3 is 2.54 bits per heavy atom. The normalized spacial score (nSPS) is 29.3. The van der Waals surface area contributed by atoms with E-state index in [0.29, 0.717) is 25.8 Å². The van der Waals surface area contributed by atoms with E-state index < -0.39 is 0 Å². The molecule has 2 aliphatic heterocycles. The first kappa shape index (κ1) is 20.8.